The van der Waals surface area contributed by atoms with Crippen LogP contribution in [0.25, 0.3) is 0 Å². The highest BCUT2D eigenvalue weighted by molar-refractivity contribution is 7.81. The van der Waals surface area contributed by atoms with Gasteiger partial charge in [-0.1, -0.05) is 44.2 Å². The summed E-state index contributed by atoms with van der Waals surface area (Å²) >= 11 is 4.24. The van der Waals surface area contributed by atoms with E-state index in [0.717, 1.165) is 5.56 Å². The Morgan fingerprint density at radius 2 is 1.58 bits per heavy atom. The number of carbonyl (C=O) groups is 4. The van der Waals surface area contributed by atoms with Crippen LogP contribution >= 0.6 is 12.6 Å². The van der Waals surface area contributed by atoms with Gasteiger partial charge in [-0.15, -0.1) is 0 Å². The molecule has 0 aliphatic rings. The van der Waals surface area contributed by atoms with Crippen LogP contribution in [-0.4, -0.2) is 55.2 Å². The Kier molecular flexibility index (Phi) is 11.7. The molecule has 0 fully saturated rings. The largest absolute Gasteiger partial charge is 0.469 e. The van der Waals surface area contributed by atoms with E-state index in [2.05, 4.69) is 33.3 Å². The van der Waals surface area contributed by atoms with E-state index >= 15 is 0 Å². The van der Waals surface area contributed by atoms with Crippen LogP contribution in [0.1, 0.15) is 38.7 Å². The fourth-order valence-corrected chi connectivity index (χ4v) is 3.17. The highest BCUT2D eigenvalue weighted by Gasteiger charge is 2.28. The van der Waals surface area contributed by atoms with E-state index in [0.29, 0.717) is 12.8 Å². The average Bonchev–Trinajstić information content (AvgIpc) is 2.75. The fourth-order valence-electron chi connectivity index (χ4n) is 2.96. The van der Waals surface area contributed by atoms with Gasteiger partial charge < -0.3 is 20.7 Å². The third-order valence-corrected chi connectivity index (χ3v) is 5.15. The average molecular weight is 452 g/mol. The van der Waals surface area contributed by atoms with Crippen LogP contribution in [0, 0.1) is 5.92 Å². The molecule has 1 unspecified atom stereocenters. The van der Waals surface area contributed by atoms with E-state index < -0.39 is 35.1 Å². The number of benzene rings is 1. The van der Waals surface area contributed by atoms with Gasteiger partial charge in [0.05, 0.1) is 12.4 Å². The van der Waals surface area contributed by atoms with Gasteiger partial charge in [-0.2, -0.15) is 12.6 Å². The van der Waals surface area contributed by atoms with Crippen molar-refractivity contribution in [3.63, 3.8) is 0 Å². The van der Waals surface area contributed by atoms with Crippen molar-refractivity contribution in [3.8, 4) is 0 Å². The molecule has 0 saturated carbocycles. The number of likely N-dealkylation sites (N-methyl/N-ethyl adjacent to an activating group) is 1. The predicted molar refractivity (Wildman–Crippen MR) is 122 cm³/mol. The molecule has 1 aromatic carbocycles. The van der Waals surface area contributed by atoms with Gasteiger partial charge in [0.25, 0.3) is 0 Å². The van der Waals surface area contributed by atoms with Crippen molar-refractivity contribution < 1.29 is 23.9 Å². The third kappa shape index (κ3) is 9.87. The number of thiol groups is 1. The summed E-state index contributed by atoms with van der Waals surface area (Å²) in [6, 6.07) is 7.74. The zero-order valence-electron chi connectivity index (χ0n) is 18.5. The molecule has 172 valence electrons. The number of hydrogen-bond donors (Lipinski definition) is 4. The van der Waals surface area contributed by atoms with Crippen molar-refractivity contribution >= 4 is 36.3 Å². The van der Waals surface area contributed by atoms with Crippen molar-refractivity contribution in [1.29, 1.82) is 0 Å². The van der Waals surface area contributed by atoms with Crippen molar-refractivity contribution in [2.75, 3.05) is 14.2 Å². The van der Waals surface area contributed by atoms with Crippen LogP contribution in [0.5, 0.6) is 0 Å². The SMILES string of the molecule is CNC(=O)[C@H](Cc1ccccc1)NC(=O)[C@H](CC(C)C)NC(=O)C(S)CCC(=O)OC. The monoisotopic (exact) mass is 451 g/mol. The molecule has 3 N–H and O–H groups in total. The highest BCUT2D eigenvalue weighted by atomic mass is 32.1. The predicted octanol–water partition coefficient (Wildman–Crippen LogP) is 1.24. The molecule has 0 spiro atoms. The summed E-state index contributed by atoms with van der Waals surface area (Å²) in [6.45, 7) is 3.87. The Hall–Kier alpha value is -2.55. The van der Waals surface area contributed by atoms with Crippen LogP contribution in [0.2, 0.25) is 0 Å². The van der Waals surface area contributed by atoms with E-state index in [1.165, 1.54) is 14.2 Å². The first-order valence-corrected chi connectivity index (χ1v) is 10.8. The molecule has 0 aliphatic heterocycles. The van der Waals surface area contributed by atoms with Gasteiger partial charge in [0.15, 0.2) is 0 Å². The quantitative estimate of drug-likeness (QED) is 0.282. The molecule has 1 aromatic rings. The van der Waals surface area contributed by atoms with Gasteiger partial charge in [0, 0.05) is 19.9 Å². The number of nitrogens with one attached hydrogen (secondary N) is 3. The van der Waals surface area contributed by atoms with Crippen LogP contribution in [-0.2, 0) is 30.3 Å². The summed E-state index contributed by atoms with van der Waals surface area (Å²) in [4.78, 5) is 49.1. The number of hydrogen-bond acceptors (Lipinski definition) is 6. The second-order valence-corrected chi connectivity index (χ2v) is 8.31. The molecule has 1 rings (SSSR count). The smallest absolute Gasteiger partial charge is 0.305 e. The second-order valence-electron chi connectivity index (χ2n) is 7.69. The molecular formula is C22H33N3O5S. The maximum Gasteiger partial charge on any atom is 0.305 e. The normalized spacial score (nSPS) is 13.6. The highest BCUT2D eigenvalue weighted by Crippen LogP contribution is 2.11. The lowest BCUT2D eigenvalue weighted by atomic mass is 10.0. The third-order valence-electron chi connectivity index (χ3n) is 4.65. The van der Waals surface area contributed by atoms with Gasteiger partial charge >= 0.3 is 5.97 Å². The number of amides is 3. The molecule has 0 aliphatic carbocycles. The molecule has 9 heteroatoms. The maximum absolute atomic E-state index is 13.0. The number of rotatable bonds is 12. The lowest BCUT2D eigenvalue weighted by molar-refractivity contribution is -0.140. The van der Waals surface area contributed by atoms with E-state index in [-0.39, 0.29) is 24.7 Å². The van der Waals surface area contributed by atoms with Crippen LogP contribution in [0.4, 0.5) is 0 Å². The Bertz CT molecular complexity index is 742. The van der Waals surface area contributed by atoms with Gasteiger partial charge in [0.2, 0.25) is 17.7 Å². The van der Waals surface area contributed by atoms with Gasteiger partial charge in [-0.25, -0.2) is 0 Å². The minimum Gasteiger partial charge on any atom is -0.469 e. The molecule has 8 nitrogen and oxygen atoms in total. The summed E-state index contributed by atoms with van der Waals surface area (Å²) in [5, 5.41) is 7.27. The first kappa shape index (κ1) is 26.5. The molecule has 0 saturated heterocycles. The van der Waals surface area contributed by atoms with Gasteiger partial charge in [-0.05, 0) is 24.3 Å². The van der Waals surface area contributed by atoms with Gasteiger partial charge in [0.1, 0.15) is 12.1 Å². The van der Waals surface area contributed by atoms with Crippen molar-refractivity contribution in [2.24, 2.45) is 5.92 Å². The Morgan fingerprint density at radius 1 is 0.968 bits per heavy atom. The summed E-state index contributed by atoms with van der Waals surface area (Å²) in [6.07, 6.45) is 0.950. The first-order chi connectivity index (χ1) is 14.7. The zero-order valence-corrected chi connectivity index (χ0v) is 19.4. The summed E-state index contributed by atoms with van der Waals surface area (Å²) in [5.41, 5.74) is 0.902. The fraction of sp³-hybridized carbons (Fsp3) is 0.545. The molecule has 0 aromatic heterocycles. The summed E-state index contributed by atoms with van der Waals surface area (Å²) < 4.78 is 4.57. The lowest BCUT2D eigenvalue weighted by Crippen LogP contribution is -2.55. The first-order valence-electron chi connectivity index (χ1n) is 10.3. The molecule has 0 heterocycles. The molecular weight excluding hydrogens is 418 g/mol. The maximum atomic E-state index is 13.0. The Labute approximate surface area is 189 Å². The van der Waals surface area contributed by atoms with Crippen LogP contribution < -0.4 is 16.0 Å². The van der Waals surface area contributed by atoms with Gasteiger partial charge in [-0.3, -0.25) is 19.2 Å². The van der Waals surface area contributed by atoms with E-state index in [1.54, 1.807) is 0 Å². The van der Waals surface area contributed by atoms with E-state index in [9.17, 15) is 19.2 Å². The van der Waals surface area contributed by atoms with Crippen LogP contribution in [0.3, 0.4) is 0 Å². The number of carbonyl (C=O) groups excluding carboxylic acids is 4. The van der Waals surface area contributed by atoms with E-state index in [1.807, 2.05) is 44.2 Å². The summed E-state index contributed by atoms with van der Waals surface area (Å²) in [7, 11) is 2.78. The number of esters is 1. The van der Waals surface area contributed by atoms with Crippen LogP contribution in [0.15, 0.2) is 30.3 Å². The van der Waals surface area contributed by atoms with Crippen molar-refractivity contribution in [2.45, 2.75) is 56.9 Å². The number of ether oxygens (including phenoxy) is 1. The van der Waals surface area contributed by atoms with E-state index in [4.69, 9.17) is 0 Å². The molecule has 0 bridgehead atoms. The Morgan fingerprint density at radius 3 is 2.13 bits per heavy atom. The lowest BCUT2D eigenvalue weighted by Gasteiger charge is -2.25. The zero-order chi connectivity index (χ0) is 23.4. The van der Waals surface area contributed by atoms with Crippen molar-refractivity contribution in [3.05, 3.63) is 35.9 Å². The molecule has 0 radical (unpaired) electrons. The van der Waals surface area contributed by atoms with Crippen molar-refractivity contribution in [1.82, 2.24) is 16.0 Å². The topological polar surface area (TPSA) is 114 Å². The standard InChI is InChI=1S/C22H33N3O5S/c1-14(2)12-16(25-22(29)18(31)10-11-19(26)30-4)21(28)24-17(20(27)23-3)13-15-8-6-5-7-9-15/h5-9,14,16-18,31H,10-13H2,1-4H3,(H,23,27)(H,24,28)(H,25,29)/t16-,17-,18?/m0/s1. The Balaban J connectivity index is 2.85. The minimum absolute atomic E-state index is 0.0505. The molecule has 31 heavy (non-hydrogen) atoms. The summed E-state index contributed by atoms with van der Waals surface area (Å²) in [5.74, 6) is -1.53. The molecule has 3 atom stereocenters. The molecule has 3 amide bonds. The number of methoxy groups -OCH3 is 1. The second kappa shape index (κ2) is 13.7. The minimum atomic E-state index is -0.830.